The van der Waals surface area contributed by atoms with Crippen LogP contribution in [0.3, 0.4) is 0 Å². The fourth-order valence-electron chi connectivity index (χ4n) is 1.97. The zero-order chi connectivity index (χ0) is 11.1. The molecule has 0 aromatic heterocycles. The average molecular weight is 210 g/mol. The fourth-order valence-corrected chi connectivity index (χ4v) is 1.97. The first-order valence-electron chi connectivity index (χ1n) is 5.89. The SMILES string of the molecule is COCCN(CCCC#N)C(C)C1CC1. The minimum absolute atomic E-state index is 0.666. The molecule has 1 saturated carbocycles. The molecule has 1 rings (SSSR count). The molecule has 0 bridgehead atoms. The second-order valence-corrected chi connectivity index (χ2v) is 4.37. The van der Waals surface area contributed by atoms with Gasteiger partial charge in [-0.2, -0.15) is 5.26 Å². The van der Waals surface area contributed by atoms with Crippen LogP contribution in [0.15, 0.2) is 0 Å². The van der Waals surface area contributed by atoms with Crippen LogP contribution in [-0.2, 0) is 4.74 Å². The molecule has 0 aromatic carbocycles. The van der Waals surface area contributed by atoms with Gasteiger partial charge in [-0.25, -0.2) is 0 Å². The van der Waals surface area contributed by atoms with Crippen molar-refractivity contribution in [2.24, 2.45) is 5.92 Å². The molecule has 0 spiro atoms. The summed E-state index contributed by atoms with van der Waals surface area (Å²) in [4.78, 5) is 2.47. The first-order chi connectivity index (χ1) is 7.29. The molecule has 3 nitrogen and oxygen atoms in total. The number of methoxy groups -OCH3 is 1. The van der Waals surface area contributed by atoms with E-state index in [-0.39, 0.29) is 0 Å². The molecular formula is C12H22N2O. The van der Waals surface area contributed by atoms with Gasteiger partial charge in [0.2, 0.25) is 0 Å². The maximum absolute atomic E-state index is 8.52. The first-order valence-corrected chi connectivity index (χ1v) is 5.89. The third-order valence-electron chi connectivity index (χ3n) is 3.20. The van der Waals surface area contributed by atoms with Crippen molar-refractivity contribution in [1.82, 2.24) is 4.90 Å². The van der Waals surface area contributed by atoms with Gasteiger partial charge >= 0.3 is 0 Å². The zero-order valence-corrected chi connectivity index (χ0v) is 9.91. The van der Waals surface area contributed by atoms with Crippen LogP contribution in [0, 0.1) is 17.2 Å². The number of nitrogens with zero attached hydrogens (tertiary/aromatic N) is 2. The van der Waals surface area contributed by atoms with Gasteiger partial charge in [0.1, 0.15) is 0 Å². The lowest BCUT2D eigenvalue weighted by molar-refractivity contribution is 0.116. The average Bonchev–Trinajstić information content (AvgIpc) is 3.06. The van der Waals surface area contributed by atoms with Gasteiger partial charge in [-0.3, -0.25) is 4.90 Å². The molecule has 1 unspecified atom stereocenters. The van der Waals surface area contributed by atoms with Crippen LogP contribution in [-0.4, -0.2) is 37.7 Å². The van der Waals surface area contributed by atoms with Crippen molar-refractivity contribution in [2.45, 2.75) is 38.6 Å². The highest BCUT2D eigenvalue weighted by atomic mass is 16.5. The van der Waals surface area contributed by atoms with Crippen LogP contribution in [0.4, 0.5) is 0 Å². The van der Waals surface area contributed by atoms with E-state index < -0.39 is 0 Å². The number of nitriles is 1. The molecule has 1 fully saturated rings. The minimum atomic E-state index is 0.666. The Morgan fingerprint density at radius 3 is 2.73 bits per heavy atom. The van der Waals surface area contributed by atoms with Crippen LogP contribution in [0.2, 0.25) is 0 Å². The highest BCUT2D eigenvalue weighted by Crippen LogP contribution is 2.35. The van der Waals surface area contributed by atoms with E-state index >= 15 is 0 Å². The zero-order valence-electron chi connectivity index (χ0n) is 9.91. The van der Waals surface area contributed by atoms with Crippen molar-refractivity contribution < 1.29 is 4.74 Å². The predicted molar refractivity (Wildman–Crippen MR) is 60.5 cm³/mol. The Balaban J connectivity index is 2.27. The van der Waals surface area contributed by atoms with Gasteiger partial charge in [0.25, 0.3) is 0 Å². The Hall–Kier alpha value is -0.590. The lowest BCUT2D eigenvalue weighted by atomic mass is 10.1. The Morgan fingerprint density at radius 1 is 1.47 bits per heavy atom. The predicted octanol–water partition coefficient (Wildman–Crippen LogP) is 2.04. The standard InChI is InChI=1S/C12H22N2O/c1-11(12-5-6-12)14(9-10-15-2)8-4-3-7-13/h11-12H,3-6,8-10H2,1-2H3. The molecule has 0 N–H and O–H groups in total. The lowest BCUT2D eigenvalue weighted by Gasteiger charge is -2.28. The van der Waals surface area contributed by atoms with Gasteiger partial charge in [0, 0.05) is 26.1 Å². The van der Waals surface area contributed by atoms with Gasteiger partial charge in [-0.15, -0.1) is 0 Å². The maximum Gasteiger partial charge on any atom is 0.0622 e. The third kappa shape index (κ3) is 4.63. The second-order valence-electron chi connectivity index (χ2n) is 4.37. The van der Waals surface area contributed by atoms with Crippen LogP contribution >= 0.6 is 0 Å². The molecule has 1 aliphatic rings. The monoisotopic (exact) mass is 210 g/mol. The number of unbranched alkanes of at least 4 members (excludes halogenated alkanes) is 1. The Morgan fingerprint density at radius 2 is 2.20 bits per heavy atom. The first kappa shape index (κ1) is 12.5. The summed E-state index contributed by atoms with van der Waals surface area (Å²) in [7, 11) is 1.75. The second kappa shape index (κ2) is 6.81. The fraction of sp³-hybridized carbons (Fsp3) is 0.917. The van der Waals surface area contributed by atoms with Crippen LogP contribution < -0.4 is 0 Å². The quantitative estimate of drug-likeness (QED) is 0.575. The summed E-state index contributed by atoms with van der Waals surface area (Å²) >= 11 is 0. The molecule has 1 atom stereocenters. The molecule has 3 heteroatoms. The topological polar surface area (TPSA) is 36.3 Å². The highest BCUT2D eigenvalue weighted by molar-refractivity contribution is 4.85. The summed E-state index contributed by atoms with van der Waals surface area (Å²) in [6.45, 7) is 5.14. The van der Waals surface area contributed by atoms with E-state index in [0.717, 1.165) is 32.0 Å². The van der Waals surface area contributed by atoms with Gasteiger partial charge < -0.3 is 4.74 Å². The molecule has 0 heterocycles. The van der Waals surface area contributed by atoms with E-state index in [1.165, 1.54) is 12.8 Å². The molecule has 0 amide bonds. The van der Waals surface area contributed by atoms with Crippen molar-refractivity contribution >= 4 is 0 Å². The lowest BCUT2D eigenvalue weighted by Crippen LogP contribution is -2.37. The normalized spacial score (nSPS) is 17.7. The summed E-state index contributed by atoms with van der Waals surface area (Å²) < 4.78 is 5.12. The highest BCUT2D eigenvalue weighted by Gasteiger charge is 2.31. The van der Waals surface area contributed by atoms with E-state index in [9.17, 15) is 0 Å². The summed E-state index contributed by atoms with van der Waals surface area (Å²) in [5.74, 6) is 0.893. The van der Waals surface area contributed by atoms with Gasteiger partial charge in [0.15, 0.2) is 0 Å². The molecule has 0 saturated heterocycles. The van der Waals surface area contributed by atoms with Gasteiger partial charge in [0.05, 0.1) is 12.7 Å². The third-order valence-corrected chi connectivity index (χ3v) is 3.20. The molecule has 15 heavy (non-hydrogen) atoms. The van der Waals surface area contributed by atoms with Crippen LogP contribution in [0.5, 0.6) is 0 Å². The van der Waals surface area contributed by atoms with Crippen LogP contribution in [0.1, 0.15) is 32.6 Å². The van der Waals surface area contributed by atoms with Crippen molar-refractivity contribution in [3.8, 4) is 6.07 Å². The van der Waals surface area contributed by atoms with E-state index in [1.54, 1.807) is 7.11 Å². The van der Waals surface area contributed by atoms with Crippen molar-refractivity contribution in [3.05, 3.63) is 0 Å². The molecule has 86 valence electrons. The van der Waals surface area contributed by atoms with Gasteiger partial charge in [-0.1, -0.05) is 0 Å². The number of hydrogen-bond donors (Lipinski definition) is 0. The number of rotatable bonds is 8. The molecule has 0 aliphatic heterocycles. The maximum atomic E-state index is 8.52. The van der Waals surface area contributed by atoms with E-state index in [2.05, 4.69) is 17.9 Å². The molecule has 0 radical (unpaired) electrons. The Labute approximate surface area is 93.0 Å². The van der Waals surface area contributed by atoms with Crippen LogP contribution in [0.25, 0.3) is 0 Å². The smallest absolute Gasteiger partial charge is 0.0622 e. The minimum Gasteiger partial charge on any atom is -0.383 e. The van der Waals surface area contributed by atoms with Gasteiger partial charge in [-0.05, 0) is 38.6 Å². The number of ether oxygens (including phenoxy) is 1. The van der Waals surface area contributed by atoms with E-state index in [1.807, 2.05) is 0 Å². The molecule has 0 aromatic rings. The largest absolute Gasteiger partial charge is 0.383 e. The molecule has 1 aliphatic carbocycles. The Bertz CT molecular complexity index is 208. The number of hydrogen-bond acceptors (Lipinski definition) is 3. The van der Waals surface area contributed by atoms with Crippen molar-refractivity contribution in [2.75, 3.05) is 26.8 Å². The van der Waals surface area contributed by atoms with Crippen molar-refractivity contribution in [1.29, 1.82) is 5.26 Å². The summed E-state index contributed by atoms with van der Waals surface area (Å²) in [6.07, 6.45) is 4.41. The Kier molecular flexibility index (Phi) is 5.67. The summed E-state index contributed by atoms with van der Waals surface area (Å²) in [5.41, 5.74) is 0. The molecular weight excluding hydrogens is 188 g/mol. The summed E-state index contributed by atoms with van der Waals surface area (Å²) in [6, 6.07) is 2.87. The van der Waals surface area contributed by atoms with Crippen molar-refractivity contribution in [3.63, 3.8) is 0 Å². The summed E-state index contributed by atoms with van der Waals surface area (Å²) in [5, 5.41) is 8.52. The van der Waals surface area contributed by atoms with E-state index in [0.29, 0.717) is 12.5 Å². The van der Waals surface area contributed by atoms with E-state index in [4.69, 9.17) is 10.00 Å².